The van der Waals surface area contributed by atoms with Gasteiger partial charge in [0, 0.05) is 5.92 Å². The van der Waals surface area contributed by atoms with Gasteiger partial charge in [0.15, 0.2) is 5.78 Å². The summed E-state index contributed by atoms with van der Waals surface area (Å²) in [7, 11) is 0. The van der Waals surface area contributed by atoms with Gasteiger partial charge in [0.2, 0.25) is 17.7 Å². The molecule has 1 fully saturated rings. The van der Waals surface area contributed by atoms with E-state index in [9.17, 15) is 28.0 Å². The molecule has 0 saturated carbocycles. The van der Waals surface area contributed by atoms with Gasteiger partial charge < -0.3 is 25.8 Å². The minimum atomic E-state index is -3.06. The Morgan fingerprint density at radius 2 is 1.82 bits per heavy atom. The van der Waals surface area contributed by atoms with Gasteiger partial charge in [0.1, 0.15) is 11.6 Å². The highest BCUT2D eigenvalue weighted by molar-refractivity contribution is 5.98. The van der Waals surface area contributed by atoms with E-state index in [4.69, 9.17) is 10.5 Å². The van der Waals surface area contributed by atoms with Crippen LogP contribution >= 0.6 is 0 Å². The molecule has 2 rings (SSSR count). The van der Waals surface area contributed by atoms with Crippen LogP contribution in [0.4, 0.5) is 8.78 Å². The SMILES string of the molecule is C[C@@H](C[C@H](NC(=O)[CH]COC(F)F)C(=O)N[C@@H](Cc1ccccc1)C(=O)[C@@]1(C)CO1)C(N)=O. The summed E-state index contributed by atoms with van der Waals surface area (Å²) < 4.78 is 33.4. The van der Waals surface area contributed by atoms with Gasteiger partial charge in [0.05, 0.1) is 25.7 Å². The van der Waals surface area contributed by atoms with Crippen LogP contribution in [0.25, 0.3) is 0 Å². The Morgan fingerprint density at radius 3 is 2.36 bits per heavy atom. The van der Waals surface area contributed by atoms with Gasteiger partial charge in [-0.2, -0.15) is 8.78 Å². The summed E-state index contributed by atoms with van der Waals surface area (Å²) in [5.41, 5.74) is 5.07. The van der Waals surface area contributed by atoms with E-state index in [-0.39, 0.29) is 25.2 Å². The molecular weight excluding hydrogens is 440 g/mol. The number of Topliss-reactive ketones (excluding diaryl/α,β-unsaturated/α-hetero) is 1. The highest BCUT2D eigenvalue weighted by Gasteiger charge is 2.50. The molecule has 0 aromatic heterocycles. The first-order valence-corrected chi connectivity index (χ1v) is 10.4. The second kappa shape index (κ2) is 11.8. The molecule has 1 radical (unpaired) electrons. The third kappa shape index (κ3) is 8.50. The first-order chi connectivity index (χ1) is 15.5. The molecule has 1 aliphatic heterocycles. The number of ether oxygens (including phenoxy) is 2. The third-order valence-corrected chi connectivity index (χ3v) is 5.21. The zero-order valence-electron chi connectivity index (χ0n) is 18.4. The topological polar surface area (TPSA) is 140 Å². The Balaban J connectivity index is 2.13. The number of ketones is 1. The van der Waals surface area contributed by atoms with Crippen molar-refractivity contribution in [2.24, 2.45) is 11.7 Å². The van der Waals surface area contributed by atoms with E-state index in [0.29, 0.717) is 0 Å². The molecule has 4 atom stereocenters. The van der Waals surface area contributed by atoms with Crippen molar-refractivity contribution in [3.8, 4) is 0 Å². The number of hydrogen-bond acceptors (Lipinski definition) is 6. The van der Waals surface area contributed by atoms with Gasteiger partial charge >= 0.3 is 6.61 Å². The number of amides is 3. The lowest BCUT2D eigenvalue weighted by Gasteiger charge is -2.25. The molecule has 33 heavy (non-hydrogen) atoms. The number of carbonyl (C=O) groups is 4. The number of alkyl halides is 2. The summed E-state index contributed by atoms with van der Waals surface area (Å²) in [5, 5.41) is 4.99. The Bertz CT molecular complexity index is 848. The second-order valence-corrected chi connectivity index (χ2v) is 8.03. The van der Waals surface area contributed by atoms with Crippen LogP contribution in [-0.2, 0) is 35.1 Å². The number of primary amides is 1. The minimum absolute atomic E-state index is 0.156. The molecule has 1 heterocycles. The lowest BCUT2D eigenvalue weighted by molar-refractivity contribution is -0.135. The predicted octanol–water partition coefficient (Wildman–Crippen LogP) is 0.512. The van der Waals surface area contributed by atoms with Crippen LogP contribution < -0.4 is 16.4 Å². The number of hydrogen-bond donors (Lipinski definition) is 3. The van der Waals surface area contributed by atoms with Crippen LogP contribution in [0.2, 0.25) is 0 Å². The van der Waals surface area contributed by atoms with Gasteiger partial charge in [-0.1, -0.05) is 37.3 Å². The van der Waals surface area contributed by atoms with E-state index >= 15 is 0 Å². The molecule has 0 bridgehead atoms. The van der Waals surface area contributed by atoms with E-state index in [2.05, 4.69) is 15.4 Å². The number of epoxide rings is 1. The number of halogens is 2. The van der Waals surface area contributed by atoms with Crippen molar-refractivity contribution in [2.75, 3.05) is 13.2 Å². The summed E-state index contributed by atoms with van der Waals surface area (Å²) in [5.74, 6) is -3.38. The van der Waals surface area contributed by atoms with Gasteiger partial charge in [-0.05, 0) is 25.3 Å². The summed E-state index contributed by atoms with van der Waals surface area (Å²) in [6.07, 6.45) is 0.828. The van der Waals surface area contributed by atoms with Crippen LogP contribution in [0.5, 0.6) is 0 Å². The molecule has 0 aliphatic carbocycles. The summed E-state index contributed by atoms with van der Waals surface area (Å²) in [6, 6.07) is 6.80. The van der Waals surface area contributed by atoms with Crippen molar-refractivity contribution in [1.82, 2.24) is 10.6 Å². The minimum Gasteiger partial charge on any atom is -0.369 e. The fraction of sp³-hybridized carbons (Fsp3) is 0.500. The summed E-state index contributed by atoms with van der Waals surface area (Å²) in [4.78, 5) is 49.6. The van der Waals surface area contributed by atoms with E-state index in [1.54, 1.807) is 31.2 Å². The first-order valence-electron chi connectivity index (χ1n) is 10.4. The highest BCUT2D eigenvalue weighted by atomic mass is 19.3. The van der Waals surface area contributed by atoms with Crippen LogP contribution in [-0.4, -0.2) is 61.0 Å². The van der Waals surface area contributed by atoms with Crippen molar-refractivity contribution in [2.45, 2.75) is 51.0 Å². The lowest BCUT2D eigenvalue weighted by atomic mass is 9.94. The smallest absolute Gasteiger partial charge is 0.345 e. The highest BCUT2D eigenvalue weighted by Crippen LogP contribution is 2.29. The van der Waals surface area contributed by atoms with Crippen molar-refractivity contribution >= 4 is 23.5 Å². The fourth-order valence-corrected chi connectivity index (χ4v) is 3.08. The average molecular weight is 468 g/mol. The molecule has 1 saturated heterocycles. The van der Waals surface area contributed by atoms with Gasteiger partial charge in [0.25, 0.3) is 0 Å². The molecule has 4 N–H and O–H groups in total. The number of rotatable bonds is 14. The number of carbonyl (C=O) groups excluding carboxylic acids is 4. The molecule has 11 heteroatoms. The fourth-order valence-electron chi connectivity index (χ4n) is 3.08. The van der Waals surface area contributed by atoms with Crippen LogP contribution in [0.15, 0.2) is 30.3 Å². The summed E-state index contributed by atoms with van der Waals surface area (Å²) >= 11 is 0. The first kappa shape index (κ1) is 26.3. The van der Waals surface area contributed by atoms with Gasteiger partial charge in [-0.25, -0.2) is 0 Å². The molecule has 3 amide bonds. The normalized spacial score (nSPS) is 19.9. The molecule has 0 unspecified atom stereocenters. The van der Waals surface area contributed by atoms with Crippen LogP contribution in [0, 0.1) is 12.3 Å². The zero-order valence-corrected chi connectivity index (χ0v) is 18.4. The Morgan fingerprint density at radius 1 is 1.18 bits per heavy atom. The molecule has 9 nitrogen and oxygen atoms in total. The maximum Gasteiger partial charge on any atom is 0.345 e. The molecular formula is C22H28F2N3O6. The maximum absolute atomic E-state index is 13.0. The standard InChI is InChI=1S/C22H28F2N3O6/c1-13(19(25)30)10-16(26-17(28)8-9-32-21(23)24)20(31)27-15(18(29)22(2)12-33-22)11-14-6-4-3-5-7-14/h3-8,13,15-16,21H,9-12H2,1-2H3,(H2,25,30)(H,26,28)(H,27,31)/t13-,15-,16-,22+/m0/s1. The Labute approximate surface area is 190 Å². The average Bonchev–Trinajstić information content (AvgIpc) is 3.51. The number of nitrogens with two attached hydrogens (primary N) is 1. The van der Waals surface area contributed by atoms with E-state index in [0.717, 1.165) is 12.0 Å². The third-order valence-electron chi connectivity index (χ3n) is 5.21. The van der Waals surface area contributed by atoms with E-state index < -0.39 is 54.5 Å². The quantitative estimate of drug-likeness (QED) is 0.340. The second-order valence-electron chi connectivity index (χ2n) is 8.03. The lowest BCUT2D eigenvalue weighted by Crippen LogP contribution is -2.55. The van der Waals surface area contributed by atoms with Crippen molar-refractivity contribution in [1.29, 1.82) is 0 Å². The predicted molar refractivity (Wildman–Crippen MR) is 113 cm³/mol. The Kier molecular flexibility index (Phi) is 9.42. The molecule has 181 valence electrons. The number of benzene rings is 1. The molecule has 1 aliphatic rings. The van der Waals surface area contributed by atoms with Gasteiger partial charge in [-0.15, -0.1) is 0 Å². The van der Waals surface area contributed by atoms with Crippen molar-refractivity contribution in [3.05, 3.63) is 42.3 Å². The largest absolute Gasteiger partial charge is 0.369 e. The van der Waals surface area contributed by atoms with E-state index in [1.807, 2.05) is 6.07 Å². The van der Waals surface area contributed by atoms with Crippen molar-refractivity contribution < 1.29 is 37.4 Å². The van der Waals surface area contributed by atoms with Crippen molar-refractivity contribution in [3.63, 3.8) is 0 Å². The maximum atomic E-state index is 13.0. The molecule has 1 aromatic rings. The summed E-state index contributed by atoms with van der Waals surface area (Å²) in [6.45, 7) is -0.409. The molecule has 1 aromatic carbocycles. The van der Waals surface area contributed by atoms with Crippen LogP contribution in [0.3, 0.4) is 0 Å². The Hall–Kier alpha value is -2.92. The zero-order chi connectivity index (χ0) is 24.6. The van der Waals surface area contributed by atoms with E-state index in [1.165, 1.54) is 6.92 Å². The molecule has 0 spiro atoms. The number of nitrogens with one attached hydrogen (secondary N) is 2. The van der Waals surface area contributed by atoms with Gasteiger partial charge in [-0.3, -0.25) is 19.2 Å². The van der Waals surface area contributed by atoms with Crippen LogP contribution in [0.1, 0.15) is 25.8 Å². The monoisotopic (exact) mass is 468 g/mol.